The molecule has 3 atom stereocenters. The maximum absolute atomic E-state index is 11.9. The Hall–Kier alpha value is -0.850. The van der Waals surface area contributed by atoms with Crippen LogP contribution in [0.25, 0.3) is 0 Å². The first-order valence-corrected chi connectivity index (χ1v) is 7.44. The van der Waals surface area contributed by atoms with Gasteiger partial charge in [-0.25, -0.2) is 0 Å². The normalized spacial score (nSPS) is 39.4. The van der Waals surface area contributed by atoms with Crippen LogP contribution in [0.5, 0.6) is 0 Å². The smallest absolute Gasteiger partial charge is 0.143 e. The second kappa shape index (κ2) is 4.07. The SMILES string of the molecule is CC(=O)C1(C)C=CC2C(=C1)C(C)(C)CC(C)C2(C)C. The average Bonchev–Trinajstić information content (AvgIpc) is 2.26. The second-order valence-corrected chi connectivity index (χ2v) is 8.09. The first kappa shape index (κ1) is 14.6. The monoisotopic (exact) mass is 260 g/mol. The molecule has 0 aromatic carbocycles. The van der Waals surface area contributed by atoms with Gasteiger partial charge in [0, 0.05) is 5.92 Å². The van der Waals surface area contributed by atoms with E-state index in [4.69, 9.17) is 0 Å². The molecule has 0 heterocycles. The van der Waals surface area contributed by atoms with Crippen LogP contribution < -0.4 is 0 Å². The lowest BCUT2D eigenvalue weighted by Gasteiger charge is -2.53. The molecule has 0 amide bonds. The van der Waals surface area contributed by atoms with Gasteiger partial charge in [-0.05, 0) is 37.0 Å². The number of hydrogen-bond donors (Lipinski definition) is 0. The van der Waals surface area contributed by atoms with Crippen LogP contribution in [-0.2, 0) is 4.79 Å². The van der Waals surface area contributed by atoms with Gasteiger partial charge in [0.05, 0.1) is 5.41 Å². The van der Waals surface area contributed by atoms with Crippen molar-refractivity contribution in [3.63, 3.8) is 0 Å². The summed E-state index contributed by atoms with van der Waals surface area (Å²) in [6.07, 6.45) is 7.88. The summed E-state index contributed by atoms with van der Waals surface area (Å²) < 4.78 is 0. The Bertz CT molecular complexity index is 464. The predicted octanol–water partition coefficient (Wildman–Crippen LogP) is 4.79. The molecular weight excluding hydrogens is 232 g/mol. The van der Waals surface area contributed by atoms with Crippen LogP contribution in [-0.4, -0.2) is 5.78 Å². The predicted molar refractivity (Wildman–Crippen MR) is 80.8 cm³/mol. The van der Waals surface area contributed by atoms with E-state index in [1.54, 1.807) is 6.92 Å². The van der Waals surface area contributed by atoms with Crippen molar-refractivity contribution in [3.8, 4) is 0 Å². The maximum Gasteiger partial charge on any atom is 0.143 e. The van der Waals surface area contributed by atoms with Crippen LogP contribution in [0.3, 0.4) is 0 Å². The molecular formula is C18H28O. The van der Waals surface area contributed by atoms with Crippen LogP contribution in [0.4, 0.5) is 0 Å². The average molecular weight is 260 g/mol. The quantitative estimate of drug-likeness (QED) is 0.620. The van der Waals surface area contributed by atoms with E-state index in [1.165, 1.54) is 12.0 Å². The minimum Gasteiger partial charge on any atom is -0.299 e. The summed E-state index contributed by atoms with van der Waals surface area (Å²) in [7, 11) is 0. The van der Waals surface area contributed by atoms with Gasteiger partial charge in [0.1, 0.15) is 5.78 Å². The fraction of sp³-hybridized carbons (Fsp3) is 0.722. The second-order valence-electron chi connectivity index (χ2n) is 8.09. The third kappa shape index (κ3) is 2.11. The van der Waals surface area contributed by atoms with Crippen molar-refractivity contribution in [2.75, 3.05) is 0 Å². The largest absolute Gasteiger partial charge is 0.299 e. The standard InChI is InChI=1S/C18H28O/c1-12-10-16(3,4)15-11-18(7,13(2)19)9-8-14(15)17(12,5)6/h8-9,11-12,14H,10H2,1-7H3. The number of rotatable bonds is 1. The lowest BCUT2D eigenvalue weighted by molar-refractivity contribution is -0.121. The topological polar surface area (TPSA) is 17.1 Å². The van der Waals surface area contributed by atoms with Gasteiger partial charge in [0.25, 0.3) is 0 Å². The van der Waals surface area contributed by atoms with Gasteiger partial charge >= 0.3 is 0 Å². The minimum atomic E-state index is -0.403. The molecule has 1 saturated carbocycles. The van der Waals surface area contributed by atoms with Crippen molar-refractivity contribution in [3.05, 3.63) is 23.8 Å². The highest BCUT2D eigenvalue weighted by Crippen LogP contribution is 2.57. The Morgan fingerprint density at radius 3 is 2.32 bits per heavy atom. The molecule has 0 N–H and O–H groups in total. The van der Waals surface area contributed by atoms with Crippen molar-refractivity contribution < 1.29 is 4.79 Å². The summed E-state index contributed by atoms with van der Waals surface area (Å²) in [4.78, 5) is 11.9. The van der Waals surface area contributed by atoms with Crippen molar-refractivity contribution in [1.82, 2.24) is 0 Å². The zero-order valence-corrected chi connectivity index (χ0v) is 13.5. The molecule has 0 radical (unpaired) electrons. The first-order chi connectivity index (χ1) is 8.51. The highest BCUT2D eigenvalue weighted by Gasteiger charge is 2.49. The molecule has 2 aliphatic carbocycles. The highest BCUT2D eigenvalue weighted by molar-refractivity contribution is 5.86. The van der Waals surface area contributed by atoms with Crippen LogP contribution in [0.1, 0.15) is 54.9 Å². The number of carbonyl (C=O) groups excluding carboxylic acids is 1. The summed E-state index contributed by atoms with van der Waals surface area (Å²) >= 11 is 0. The molecule has 0 aromatic rings. The summed E-state index contributed by atoms with van der Waals surface area (Å²) in [6, 6.07) is 0. The summed E-state index contributed by atoms with van der Waals surface area (Å²) in [5.74, 6) is 1.40. The van der Waals surface area contributed by atoms with Gasteiger partial charge in [-0.2, -0.15) is 0 Å². The van der Waals surface area contributed by atoms with E-state index in [0.717, 1.165) is 0 Å². The molecule has 19 heavy (non-hydrogen) atoms. The lowest BCUT2D eigenvalue weighted by atomic mass is 9.51. The summed E-state index contributed by atoms with van der Waals surface area (Å²) in [6.45, 7) is 15.5. The Morgan fingerprint density at radius 1 is 1.21 bits per heavy atom. The number of carbonyl (C=O) groups is 1. The number of fused-ring (bicyclic) bond motifs is 1. The summed E-state index contributed by atoms with van der Waals surface area (Å²) in [5, 5.41) is 0. The van der Waals surface area contributed by atoms with E-state index < -0.39 is 5.41 Å². The molecule has 3 unspecified atom stereocenters. The Morgan fingerprint density at radius 2 is 1.79 bits per heavy atom. The summed E-state index contributed by atoms with van der Waals surface area (Å²) in [5.41, 5.74) is 1.53. The number of Topliss-reactive ketones (excluding diaryl/α,β-unsaturated/α-hetero) is 1. The van der Waals surface area contributed by atoms with Gasteiger partial charge in [-0.1, -0.05) is 58.4 Å². The molecule has 0 saturated heterocycles. The number of hydrogen-bond acceptors (Lipinski definition) is 1. The number of ketones is 1. The van der Waals surface area contributed by atoms with Crippen LogP contribution in [0, 0.1) is 28.1 Å². The van der Waals surface area contributed by atoms with E-state index in [-0.39, 0.29) is 16.6 Å². The van der Waals surface area contributed by atoms with Crippen molar-refractivity contribution in [2.45, 2.75) is 54.9 Å². The van der Waals surface area contributed by atoms with Gasteiger partial charge in [-0.15, -0.1) is 0 Å². The van der Waals surface area contributed by atoms with Crippen molar-refractivity contribution in [1.29, 1.82) is 0 Å². The third-order valence-electron chi connectivity index (χ3n) is 5.85. The Labute approximate surface area is 118 Å². The van der Waals surface area contributed by atoms with E-state index >= 15 is 0 Å². The van der Waals surface area contributed by atoms with Crippen molar-refractivity contribution >= 4 is 5.78 Å². The third-order valence-corrected chi connectivity index (χ3v) is 5.85. The molecule has 0 aliphatic heterocycles. The van der Waals surface area contributed by atoms with Crippen LogP contribution in [0.15, 0.2) is 23.8 Å². The van der Waals surface area contributed by atoms with Crippen molar-refractivity contribution in [2.24, 2.45) is 28.1 Å². The zero-order valence-electron chi connectivity index (χ0n) is 13.5. The van der Waals surface area contributed by atoms with Crippen LogP contribution >= 0.6 is 0 Å². The highest BCUT2D eigenvalue weighted by atomic mass is 16.1. The van der Waals surface area contributed by atoms with Gasteiger partial charge in [0.2, 0.25) is 0 Å². The fourth-order valence-corrected chi connectivity index (χ4v) is 3.80. The molecule has 2 aliphatic rings. The molecule has 1 nitrogen and oxygen atoms in total. The van der Waals surface area contributed by atoms with E-state index in [1.807, 2.05) is 6.92 Å². The van der Waals surface area contributed by atoms with Gasteiger partial charge in [0.15, 0.2) is 0 Å². The molecule has 0 spiro atoms. The zero-order chi connectivity index (χ0) is 14.6. The van der Waals surface area contributed by atoms with Crippen LogP contribution in [0.2, 0.25) is 0 Å². The maximum atomic E-state index is 11.9. The fourth-order valence-electron chi connectivity index (χ4n) is 3.80. The Balaban J connectivity index is 2.54. The van der Waals surface area contributed by atoms with Gasteiger partial charge < -0.3 is 0 Å². The van der Waals surface area contributed by atoms with E-state index in [9.17, 15) is 4.79 Å². The Kier molecular flexibility index (Phi) is 3.12. The molecule has 0 bridgehead atoms. The van der Waals surface area contributed by atoms with E-state index in [0.29, 0.717) is 11.8 Å². The molecule has 0 aromatic heterocycles. The van der Waals surface area contributed by atoms with E-state index in [2.05, 4.69) is 52.8 Å². The minimum absolute atomic E-state index is 0.196. The molecule has 1 heteroatoms. The van der Waals surface area contributed by atoms with Gasteiger partial charge in [-0.3, -0.25) is 4.79 Å². The number of allylic oxidation sites excluding steroid dienone is 4. The first-order valence-electron chi connectivity index (χ1n) is 7.44. The molecule has 2 rings (SSSR count). The lowest BCUT2D eigenvalue weighted by Crippen LogP contribution is -2.45. The molecule has 1 fully saturated rings. The molecule has 106 valence electrons.